The van der Waals surface area contributed by atoms with Crippen LogP contribution >= 0.6 is 15.9 Å². The summed E-state index contributed by atoms with van der Waals surface area (Å²) in [6, 6.07) is 5.80. The minimum atomic E-state index is -0.427. The van der Waals surface area contributed by atoms with E-state index in [9.17, 15) is 4.79 Å². The molecular formula is C12H11BrN2O. The zero-order valence-electron chi connectivity index (χ0n) is 9.04. The van der Waals surface area contributed by atoms with Gasteiger partial charge in [0, 0.05) is 9.86 Å². The molecule has 82 valence electrons. The van der Waals surface area contributed by atoms with E-state index >= 15 is 0 Å². The Bertz CT molecular complexity index is 593. The number of amides is 1. The lowest BCUT2D eigenvalue weighted by molar-refractivity contribution is 0.0999. The molecule has 0 aliphatic heterocycles. The molecular weight excluding hydrogens is 268 g/mol. The highest BCUT2D eigenvalue weighted by Crippen LogP contribution is 2.25. The summed E-state index contributed by atoms with van der Waals surface area (Å²) in [6.45, 7) is 3.69. The van der Waals surface area contributed by atoms with Gasteiger partial charge in [-0.3, -0.25) is 9.78 Å². The predicted molar refractivity (Wildman–Crippen MR) is 67.4 cm³/mol. The van der Waals surface area contributed by atoms with E-state index in [1.165, 1.54) is 0 Å². The lowest BCUT2D eigenvalue weighted by Crippen LogP contribution is -2.15. The fourth-order valence-electron chi connectivity index (χ4n) is 1.91. The van der Waals surface area contributed by atoms with Crippen LogP contribution in [0.5, 0.6) is 0 Å². The summed E-state index contributed by atoms with van der Waals surface area (Å²) >= 11 is 3.40. The SMILES string of the molecule is Cc1nc2ccc(Br)cc2c(C)c1C(N)=O. The lowest BCUT2D eigenvalue weighted by Gasteiger charge is -2.09. The van der Waals surface area contributed by atoms with Crippen LogP contribution in [0, 0.1) is 13.8 Å². The molecule has 0 bridgehead atoms. The molecule has 2 aromatic rings. The Morgan fingerprint density at radius 2 is 2.06 bits per heavy atom. The molecule has 0 spiro atoms. The van der Waals surface area contributed by atoms with Crippen LogP contribution in [0.2, 0.25) is 0 Å². The molecule has 4 heteroatoms. The highest BCUT2D eigenvalue weighted by molar-refractivity contribution is 9.10. The molecule has 3 nitrogen and oxygen atoms in total. The summed E-state index contributed by atoms with van der Waals surface area (Å²) in [5.74, 6) is -0.427. The van der Waals surface area contributed by atoms with Crippen molar-refractivity contribution < 1.29 is 4.79 Å². The fraction of sp³-hybridized carbons (Fsp3) is 0.167. The largest absolute Gasteiger partial charge is 0.366 e. The maximum atomic E-state index is 11.3. The number of carbonyl (C=O) groups is 1. The van der Waals surface area contributed by atoms with E-state index in [0.29, 0.717) is 11.3 Å². The zero-order chi connectivity index (χ0) is 11.9. The quantitative estimate of drug-likeness (QED) is 0.872. The Morgan fingerprint density at radius 3 is 2.69 bits per heavy atom. The second-order valence-electron chi connectivity index (χ2n) is 3.72. The Labute approximate surface area is 102 Å². The summed E-state index contributed by atoms with van der Waals surface area (Å²) in [7, 11) is 0. The van der Waals surface area contributed by atoms with Crippen molar-refractivity contribution in [3.05, 3.63) is 39.5 Å². The molecule has 1 aromatic heterocycles. The van der Waals surface area contributed by atoms with Crippen molar-refractivity contribution in [3.8, 4) is 0 Å². The van der Waals surface area contributed by atoms with Crippen molar-refractivity contribution in [2.24, 2.45) is 5.73 Å². The van der Waals surface area contributed by atoms with Crippen LogP contribution in [0.3, 0.4) is 0 Å². The molecule has 0 radical (unpaired) electrons. The number of pyridine rings is 1. The summed E-state index contributed by atoms with van der Waals surface area (Å²) in [6.07, 6.45) is 0. The Morgan fingerprint density at radius 1 is 1.38 bits per heavy atom. The maximum absolute atomic E-state index is 11.3. The number of fused-ring (bicyclic) bond motifs is 1. The van der Waals surface area contributed by atoms with Gasteiger partial charge in [-0.05, 0) is 37.6 Å². The number of primary amides is 1. The van der Waals surface area contributed by atoms with E-state index in [-0.39, 0.29) is 0 Å². The zero-order valence-corrected chi connectivity index (χ0v) is 10.6. The molecule has 1 amide bonds. The molecule has 1 aromatic carbocycles. The summed E-state index contributed by atoms with van der Waals surface area (Å²) in [4.78, 5) is 15.7. The molecule has 0 aliphatic carbocycles. The standard InChI is InChI=1S/C12H11BrN2O/c1-6-9-5-8(13)3-4-10(9)15-7(2)11(6)12(14)16/h3-5H,1-2H3,(H2,14,16). The van der Waals surface area contributed by atoms with E-state index in [4.69, 9.17) is 5.73 Å². The van der Waals surface area contributed by atoms with Crippen LogP contribution in [0.1, 0.15) is 21.6 Å². The second kappa shape index (κ2) is 3.87. The molecule has 0 saturated heterocycles. The number of benzene rings is 1. The number of hydrogen-bond donors (Lipinski definition) is 1. The van der Waals surface area contributed by atoms with Gasteiger partial charge in [0.2, 0.25) is 0 Å². The smallest absolute Gasteiger partial charge is 0.250 e. The number of halogens is 1. The van der Waals surface area contributed by atoms with Gasteiger partial charge < -0.3 is 5.73 Å². The first-order valence-electron chi connectivity index (χ1n) is 4.87. The minimum Gasteiger partial charge on any atom is -0.366 e. The van der Waals surface area contributed by atoms with E-state index in [0.717, 1.165) is 20.9 Å². The first kappa shape index (κ1) is 11.1. The number of aromatic nitrogens is 1. The minimum absolute atomic E-state index is 0.427. The predicted octanol–water partition coefficient (Wildman–Crippen LogP) is 2.71. The van der Waals surface area contributed by atoms with Crippen molar-refractivity contribution in [1.29, 1.82) is 0 Å². The van der Waals surface area contributed by atoms with E-state index in [1.54, 1.807) is 6.92 Å². The summed E-state index contributed by atoms with van der Waals surface area (Å²) in [5, 5.41) is 0.953. The number of hydrogen-bond acceptors (Lipinski definition) is 2. The van der Waals surface area contributed by atoms with Crippen molar-refractivity contribution in [3.63, 3.8) is 0 Å². The first-order valence-corrected chi connectivity index (χ1v) is 5.66. The average molecular weight is 279 g/mol. The van der Waals surface area contributed by atoms with Crippen LogP contribution < -0.4 is 5.73 Å². The Kier molecular flexibility index (Phi) is 2.68. The van der Waals surface area contributed by atoms with Gasteiger partial charge in [-0.15, -0.1) is 0 Å². The Balaban J connectivity index is 2.90. The van der Waals surface area contributed by atoms with Crippen LogP contribution in [-0.4, -0.2) is 10.9 Å². The number of carbonyl (C=O) groups excluding carboxylic acids is 1. The lowest BCUT2D eigenvalue weighted by atomic mass is 10.0. The van der Waals surface area contributed by atoms with Crippen molar-refractivity contribution in [2.75, 3.05) is 0 Å². The van der Waals surface area contributed by atoms with Crippen LogP contribution in [0.4, 0.5) is 0 Å². The highest BCUT2D eigenvalue weighted by Gasteiger charge is 2.13. The second-order valence-corrected chi connectivity index (χ2v) is 4.64. The highest BCUT2D eigenvalue weighted by atomic mass is 79.9. The number of rotatable bonds is 1. The Hall–Kier alpha value is -1.42. The van der Waals surface area contributed by atoms with Gasteiger partial charge in [-0.1, -0.05) is 15.9 Å². The number of nitrogens with zero attached hydrogens (tertiary/aromatic N) is 1. The van der Waals surface area contributed by atoms with Gasteiger partial charge in [-0.2, -0.15) is 0 Å². The molecule has 0 fully saturated rings. The van der Waals surface area contributed by atoms with Crippen molar-refractivity contribution >= 4 is 32.7 Å². The molecule has 0 unspecified atom stereocenters. The molecule has 1 heterocycles. The fourth-order valence-corrected chi connectivity index (χ4v) is 2.27. The maximum Gasteiger partial charge on any atom is 0.250 e. The molecule has 16 heavy (non-hydrogen) atoms. The molecule has 0 aliphatic rings. The van der Waals surface area contributed by atoms with E-state index in [2.05, 4.69) is 20.9 Å². The number of aryl methyl sites for hydroxylation is 2. The molecule has 0 atom stereocenters. The van der Waals surface area contributed by atoms with Crippen molar-refractivity contribution in [2.45, 2.75) is 13.8 Å². The average Bonchev–Trinajstić information content (AvgIpc) is 2.19. The third-order valence-corrected chi connectivity index (χ3v) is 3.13. The van der Waals surface area contributed by atoms with Gasteiger partial charge >= 0.3 is 0 Å². The number of nitrogens with two attached hydrogens (primary N) is 1. The normalized spacial score (nSPS) is 10.7. The molecule has 2 rings (SSSR count). The molecule has 2 N–H and O–H groups in total. The third-order valence-electron chi connectivity index (χ3n) is 2.63. The van der Waals surface area contributed by atoms with Gasteiger partial charge in [0.1, 0.15) is 0 Å². The summed E-state index contributed by atoms with van der Waals surface area (Å²) in [5.41, 5.74) is 8.32. The van der Waals surface area contributed by atoms with Gasteiger partial charge in [0.25, 0.3) is 5.91 Å². The van der Waals surface area contributed by atoms with Crippen molar-refractivity contribution in [1.82, 2.24) is 4.98 Å². The van der Waals surface area contributed by atoms with Crippen LogP contribution in [0.25, 0.3) is 10.9 Å². The topological polar surface area (TPSA) is 56.0 Å². The van der Waals surface area contributed by atoms with Gasteiger partial charge in [0.05, 0.1) is 16.8 Å². The summed E-state index contributed by atoms with van der Waals surface area (Å²) < 4.78 is 0.962. The van der Waals surface area contributed by atoms with E-state index < -0.39 is 5.91 Å². The van der Waals surface area contributed by atoms with Gasteiger partial charge in [0.15, 0.2) is 0 Å². The first-order chi connectivity index (χ1) is 7.50. The molecule has 0 saturated carbocycles. The van der Waals surface area contributed by atoms with Crippen LogP contribution in [0.15, 0.2) is 22.7 Å². The van der Waals surface area contributed by atoms with E-state index in [1.807, 2.05) is 25.1 Å². The monoisotopic (exact) mass is 278 g/mol. The van der Waals surface area contributed by atoms with Gasteiger partial charge in [-0.25, -0.2) is 0 Å². The third kappa shape index (κ3) is 1.69. The van der Waals surface area contributed by atoms with Crippen LogP contribution in [-0.2, 0) is 0 Å².